The zero-order chi connectivity index (χ0) is 8.48. The number of rotatable bonds is 1. The normalized spacial score (nSPS) is 10.5. The van der Waals surface area contributed by atoms with E-state index in [-0.39, 0.29) is 42.6 Å². The second-order valence-electron chi connectivity index (χ2n) is 2.29. The Kier molecular flexibility index (Phi) is 4.73. The fourth-order valence-corrected chi connectivity index (χ4v) is 1.36. The molecule has 0 amide bonds. The molecule has 12 heavy (non-hydrogen) atoms. The first-order valence-corrected chi connectivity index (χ1v) is 4.48. The van der Waals surface area contributed by atoms with Crippen molar-refractivity contribution in [3.05, 3.63) is 29.8 Å². The summed E-state index contributed by atoms with van der Waals surface area (Å²) in [6, 6.07) is 6.10. The Hall–Kier alpha value is 0.390. The standard InChI is InChI=1S/C7H8O3S.Ca.2H/c1-6-3-2-4-7(5-6)11(8,9)10;;;/h2-5H,1H3,(H,8,9,10);;;. The third kappa shape index (κ3) is 3.41. The van der Waals surface area contributed by atoms with E-state index in [4.69, 9.17) is 4.55 Å². The van der Waals surface area contributed by atoms with Crippen molar-refractivity contribution in [3.8, 4) is 0 Å². The maximum atomic E-state index is 10.5. The van der Waals surface area contributed by atoms with Gasteiger partial charge in [-0.05, 0) is 24.6 Å². The van der Waals surface area contributed by atoms with Gasteiger partial charge in [0.05, 0.1) is 4.90 Å². The molecule has 1 aromatic rings. The zero-order valence-electron chi connectivity index (χ0n) is 5.98. The van der Waals surface area contributed by atoms with Crippen molar-refractivity contribution in [1.82, 2.24) is 0 Å². The monoisotopic (exact) mass is 214 g/mol. The first-order valence-electron chi connectivity index (χ1n) is 3.04. The molecular weight excluding hydrogens is 204 g/mol. The molecule has 0 aliphatic rings. The summed E-state index contributed by atoms with van der Waals surface area (Å²) >= 11 is 0. The molecular formula is C7H10CaO3S. The summed E-state index contributed by atoms with van der Waals surface area (Å²) in [4.78, 5) is -0.0579. The van der Waals surface area contributed by atoms with Crippen LogP contribution in [0.25, 0.3) is 0 Å². The van der Waals surface area contributed by atoms with Crippen molar-refractivity contribution in [2.45, 2.75) is 11.8 Å². The fourth-order valence-electron chi connectivity index (χ4n) is 0.776. The molecule has 0 fully saturated rings. The van der Waals surface area contributed by atoms with E-state index in [1.165, 1.54) is 12.1 Å². The third-order valence-electron chi connectivity index (χ3n) is 1.29. The SMILES string of the molecule is Cc1cccc(S(=O)(=O)O)c1.[CaH2]. The van der Waals surface area contributed by atoms with Gasteiger partial charge in [0.1, 0.15) is 0 Å². The summed E-state index contributed by atoms with van der Waals surface area (Å²) < 4.78 is 29.7. The van der Waals surface area contributed by atoms with Gasteiger partial charge < -0.3 is 0 Å². The summed E-state index contributed by atoms with van der Waals surface area (Å²) in [6.07, 6.45) is 0. The van der Waals surface area contributed by atoms with E-state index in [1.807, 2.05) is 0 Å². The van der Waals surface area contributed by atoms with Gasteiger partial charge in [-0.3, -0.25) is 4.55 Å². The molecule has 0 saturated heterocycles. The van der Waals surface area contributed by atoms with Gasteiger partial charge in [-0.25, -0.2) is 0 Å². The molecule has 5 heteroatoms. The molecule has 0 spiro atoms. The summed E-state index contributed by atoms with van der Waals surface area (Å²) in [7, 11) is -4.03. The molecule has 1 aromatic carbocycles. The minimum atomic E-state index is -4.03. The molecule has 0 heterocycles. The van der Waals surface area contributed by atoms with E-state index in [2.05, 4.69) is 0 Å². The van der Waals surface area contributed by atoms with Crippen molar-refractivity contribution < 1.29 is 13.0 Å². The Morgan fingerprint density at radius 3 is 2.25 bits per heavy atom. The average molecular weight is 214 g/mol. The first kappa shape index (κ1) is 12.4. The van der Waals surface area contributed by atoms with Crippen LogP contribution in [0.1, 0.15) is 5.56 Å². The van der Waals surface area contributed by atoms with E-state index in [9.17, 15) is 8.42 Å². The van der Waals surface area contributed by atoms with E-state index in [1.54, 1.807) is 19.1 Å². The van der Waals surface area contributed by atoms with Gasteiger partial charge in [0, 0.05) is 0 Å². The van der Waals surface area contributed by atoms with Crippen molar-refractivity contribution in [2.24, 2.45) is 0 Å². The molecule has 1 rings (SSSR count). The van der Waals surface area contributed by atoms with Gasteiger partial charge in [-0.2, -0.15) is 8.42 Å². The number of hydrogen-bond acceptors (Lipinski definition) is 2. The van der Waals surface area contributed by atoms with Crippen LogP contribution in [0.5, 0.6) is 0 Å². The summed E-state index contributed by atoms with van der Waals surface area (Å²) in [5.41, 5.74) is 0.806. The van der Waals surface area contributed by atoms with Gasteiger partial charge in [0.15, 0.2) is 0 Å². The van der Waals surface area contributed by atoms with Crippen LogP contribution in [-0.4, -0.2) is 50.7 Å². The molecule has 0 unspecified atom stereocenters. The van der Waals surface area contributed by atoms with Crippen molar-refractivity contribution in [3.63, 3.8) is 0 Å². The topological polar surface area (TPSA) is 54.4 Å². The minimum absolute atomic E-state index is 0. The molecule has 0 bridgehead atoms. The maximum absolute atomic E-state index is 10.5. The van der Waals surface area contributed by atoms with Gasteiger partial charge in [-0.15, -0.1) is 0 Å². The third-order valence-corrected chi connectivity index (χ3v) is 2.14. The molecule has 0 aliphatic carbocycles. The van der Waals surface area contributed by atoms with Crippen molar-refractivity contribution in [2.75, 3.05) is 0 Å². The number of benzene rings is 1. The molecule has 0 aliphatic heterocycles. The average Bonchev–Trinajstić information content (AvgIpc) is 1.86. The summed E-state index contributed by atoms with van der Waals surface area (Å²) in [6.45, 7) is 1.76. The van der Waals surface area contributed by atoms with Crippen LogP contribution in [0.3, 0.4) is 0 Å². The van der Waals surface area contributed by atoms with Gasteiger partial charge in [0.2, 0.25) is 0 Å². The molecule has 0 aromatic heterocycles. The Balaban J connectivity index is 0.00000121. The van der Waals surface area contributed by atoms with Crippen LogP contribution in [0, 0.1) is 6.92 Å². The first-order chi connectivity index (χ1) is 5.00. The van der Waals surface area contributed by atoms with Crippen LogP contribution in [0.4, 0.5) is 0 Å². The summed E-state index contributed by atoms with van der Waals surface area (Å²) in [5.74, 6) is 0. The van der Waals surface area contributed by atoms with Gasteiger partial charge in [-0.1, -0.05) is 12.1 Å². The quantitative estimate of drug-likeness (QED) is 0.541. The van der Waals surface area contributed by atoms with Crippen molar-refractivity contribution in [1.29, 1.82) is 0 Å². The van der Waals surface area contributed by atoms with Gasteiger partial charge in [0.25, 0.3) is 10.1 Å². The zero-order valence-corrected chi connectivity index (χ0v) is 6.80. The predicted octanol–water partition coefficient (Wildman–Crippen LogP) is 0.326. The Bertz CT molecular complexity index is 359. The Morgan fingerprint density at radius 1 is 1.33 bits per heavy atom. The molecule has 0 atom stereocenters. The number of aryl methyl sites for hydroxylation is 1. The van der Waals surface area contributed by atoms with Gasteiger partial charge >= 0.3 is 37.7 Å². The van der Waals surface area contributed by atoms with E-state index in [0.29, 0.717) is 0 Å². The van der Waals surface area contributed by atoms with E-state index < -0.39 is 10.1 Å². The Labute approximate surface area is 102 Å². The summed E-state index contributed by atoms with van der Waals surface area (Å²) in [5, 5.41) is 0. The van der Waals surface area contributed by atoms with Crippen LogP contribution < -0.4 is 0 Å². The van der Waals surface area contributed by atoms with E-state index in [0.717, 1.165) is 5.56 Å². The molecule has 64 valence electrons. The number of hydrogen-bond donors (Lipinski definition) is 1. The molecule has 1 N–H and O–H groups in total. The predicted molar refractivity (Wildman–Crippen MR) is 49.5 cm³/mol. The van der Waals surface area contributed by atoms with E-state index >= 15 is 0 Å². The van der Waals surface area contributed by atoms with Crippen LogP contribution >= 0.6 is 0 Å². The van der Waals surface area contributed by atoms with Crippen LogP contribution in [-0.2, 0) is 10.1 Å². The second-order valence-corrected chi connectivity index (χ2v) is 3.71. The van der Waals surface area contributed by atoms with Crippen molar-refractivity contribution >= 4 is 47.9 Å². The Morgan fingerprint density at radius 2 is 1.92 bits per heavy atom. The van der Waals surface area contributed by atoms with Crippen LogP contribution in [0.2, 0.25) is 0 Å². The molecule has 3 nitrogen and oxygen atoms in total. The molecule has 0 radical (unpaired) electrons. The fraction of sp³-hybridized carbons (Fsp3) is 0.143. The molecule has 0 saturated carbocycles. The van der Waals surface area contributed by atoms with Crippen LogP contribution in [0.15, 0.2) is 29.2 Å². The second kappa shape index (κ2) is 4.58.